The number of amides is 1. The van der Waals surface area contributed by atoms with E-state index in [4.69, 9.17) is 10.6 Å². The predicted octanol–water partition coefficient (Wildman–Crippen LogP) is 2.91. The quantitative estimate of drug-likeness (QED) is 0.469. The minimum absolute atomic E-state index is 0.190. The Hall–Kier alpha value is -2.82. The molecule has 0 aromatic heterocycles. The van der Waals surface area contributed by atoms with Gasteiger partial charge in [0.15, 0.2) is 12.4 Å². The smallest absolute Gasteiger partial charge is 0.265 e. The number of oxime groups is 1. The Morgan fingerprint density at radius 1 is 1.13 bits per heavy atom. The molecule has 0 bridgehead atoms. The monoisotopic (exact) mass is 311 g/mol. The first kappa shape index (κ1) is 16.5. The SMILES string of the molecule is CCCc1ccc(NC(=O)CO/N=C(\N)c2ccccc2)cc1. The molecule has 0 fully saturated rings. The van der Waals surface area contributed by atoms with Crippen LogP contribution in [-0.4, -0.2) is 18.3 Å². The molecule has 0 radical (unpaired) electrons. The number of anilines is 1. The van der Waals surface area contributed by atoms with Crippen molar-refractivity contribution in [1.82, 2.24) is 0 Å². The molecule has 5 nitrogen and oxygen atoms in total. The number of hydrogen-bond donors (Lipinski definition) is 2. The van der Waals surface area contributed by atoms with Crippen molar-refractivity contribution in [1.29, 1.82) is 0 Å². The zero-order valence-electron chi connectivity index (χ0n) is 13.2. The molecule has 0 saturated carbocycles. The normalized spacial score (nSPS) is 11.1. The highest BCUT2D eigenvalue weighted by Gasteiger charge is 2.04. The highest BCUT2D eigenvalue weighted by atomic mass is 16.6. The highest BCUT2D eigenvalue weighted by Crippen LogP contribution is 2.11. The summed E-state index contributed by atoms with van der Waals surface area (Å²) in [6.45, 7) is 1.94. The average Bonchev–Trinajstić information content (AvgIpc) is 2.57. The van der Waals surface area contributed by atoms with Crippen LogP contribution in [0.4, 0.5) is 5.69 Å². The Bertz CT molecular complexity index is 652. The van der Waals surface area contributed by atoms with Gasteiger partial charge in [-0.3, -0.25) is 4.79 Å². The first-order valence-electron chi connectivity index (χ1n) is 7.58. The number of aryl methyl sites for hydroxylation is 1. The summed E-state index contributed by atoms with van der Waals surface area (Å²) in [5.74, 6) is -0.0415. The Morgan fingerprint density at radius 2 is 1.83 bits per heavy atom. The molecule has 0 aliphatic heterocycles. The number of nitrogens with two attached hydrogens (primary N) is 1. The number of rotatable bonds is 7. The van der Waals surface area contributed by atoms with Crippen LogP contribution in [0.25, 0.3) is 0 Å². The van der Waals surface area contributed by atoms with Gasteiger partial charge in [0.1, 0.15) is 0 Å². The van der Waals surface area contributed by atoms with Crippen LogP contribution in [0.5, 0.6) is 0 Å². The molecule has 0 spiro atoms. The third kappa shape index (κ3) is 5.47. The zero-order chi connectivity index (χ0) is 16.5. The van der Waals surface area contributed by atoms with E-state index in [0.29, 0.717) is 0 Å². The number of nitrogens with zero attached hydrogens (tertiary/aromatic N) is 1. The molecule has 2 aromatic rings. The minimum atomic E-state index is -0.280. The van der Waals surface area contributed by atoms with Crippen molar-refractivity contribution in [3.05, 3.63) is 65.7 Å². The largest absolute Gasteiger partial charge is 0.384 e. The predicted molar refractivity (Wildman–Crippen MR) is 92.2 cm³/mol. The van der Waals surface area contributed by atoms with Gasteiger partial charge in [0.25, 0.3) is 5.91 Å². The summed E-state index contributed by atoms with van der Waals surface area (Å²) in [6, 6.07) is 17.0. The molecular formula is C18H21N3O2. The van der Waals surface area contributed by atoms with E-state index in [2.05, 4.69) is 17.4 Å². The van der Waals surface area contributed by atoms with Crippen LogP contribution in [0.1, 0.15) is 24.5 Å². The molecule has 0 aliphatic carbocycles. The Balaban J connectivity index is 1.81. The first-order valence-corrected chi connectivity index (χ1v) is 7.58. The summed E-state index contributed by atoms with van der Waals surface area (Å²) < 4.78 is 0. The molecular weight excluding hydrogens is 290 g/mol. The van der Waals surface area contributed by atoms with Crippen LogP contribution >= 0.6 is 0 Å². The van der Waals surface area contributed by atoms with E-state index in [1.807, 2.05) is 54.6 Å². The number of benzene rings is 2. The van der Waals surface area contributed by atoms with Gasteiger partial charge in [-0.15, -0.1) is 0 Å². The Labute approximate surface area is 136 Å². The van der Waals surface area contributed by atoms with Crippen LogP contribution in [0, 0.1) is 0 Å². The first-order chi connectivity index (χ1) is 11.2. The van der Waals surface area contributed by atoms with Gasteiger partial charge in [-0.1, -0.05) is 61.0 Å². The van der Waals surface area contributed by atoms with E-state index in [1.165, 1.54) is 5.56 Å². The van der Waals surface area contributed by atoms with E-state index in [0.717, 1.165) is 24.1 Å². The molecule has 1 amide bonds. The molecule has 120 valence electrons. The van der Waals surface area contributed by atoms with Crippen molar-refractivity contribution in [2.45, 2.75) is 19.8 Å². The second-order valence-electron chi connectivity index (χ2n) is 5.11. The molecule has 2 aromatic carbocycles. The Morgan fingerprint density at radius 3 is 2.48 bits per heavy atom. The van der Waals surface area contributed by atoms with Crippen LogP contribution in [-0.2, 0) is 16.1 Å². The molecule has 2 rings (SSSR count). The highest BCUT2D eigenvalue weighted by molar-refractivity contribution is 5.97. The Kier molecular flexibility index (Phi) is 6.17. The second-order valence-corrected chi connectivity index (χ2v) is 5.11. The van der Waals surface area contributed by atoms with Crippen molar-refractivity contribution in [3.8, 4) is 0 Å². The van der Waals surface area contributed by atoms with Gasteiger partial charge in [0.2, 0.25) is 0 Å². The van der Waals surface area contributed by atoms with Gasteiger partial charge in [-0.25, -0.2) is 0 Å². The summed E-state index contributed by atoms with van der Waals surface area (Å²) in [7, 11) is 0. The van der Waals surface area contributed by atoms with Crippen molar-refractivity contribution in [3.63, 3.8) is 0 Å². The maximum atomic E-state index is 11.8. The van der Waals surface area contributed by atoms with Crippen molar-refractivity contribution in [2.24, 2.45) is 10.9 Å². The van der Waals surface area contributed by atoms with E-state index in [9.17, 15) is 4.79 Å². The lowest BCUT2D eigenvalue weighted by atomic mass is 10.1. The molecule has 0 saturated heterocycles. The summed E-state index contributed by atoms with van der Waals surface area (Å²) in [5.41, 5.74) is 8.51. The topological polar surface area (TPSA) is 76.7 Å². The van der Waals surface area contributed by atoms with E-state index in [-0.39, 0.29) is 18.3 Å². The number of amidine groups is 1. The third-order valence-electron chi connectivity index (χ3n) is 3.20. The van der Waals surface area contributed by atoms with Crippen LogP contribution < -0.4 is 11.1 Å². The second kappa shape index (κ2) is 8.58. The maximum absolute atomic E-state index is 11.8. The fourth-order valence-corrected chi connectivity index (χ4v) is 2.06. The summed E-state index contributed by atoms with van der Waals surface area (Å²) in [5, 5.41) is 6.50. The lowest BCUT2D eigenvalue weighted by molar-refractivity contribution is -0.120. The van der Waals surface area contributed by atoms with Crippen molar-refractivity contribution in [2.75, 3.05) is 11.9 Å². The van der Waals surface area contributed by atoms with Gasteiger partial charge in [-0.2, -0.15) is 0 Å². The third-order valence-corrected chi connectivity index (χ3v) is 3.20. The van der Waals surface area contributed by atoms with E-state index >= 15 is 0 Å². The lowest BCUT2D eigenvalue weighted by Gasteiger charge is -2.06. The van der Waals surface area contributed by atoms with Crippen LogP contribution in [0.3, 0.4) is 0 Å². The molecule has 0 unspecified atom stereocenters. The molecule has 0 aliphatic rings. The number of carbonyl (C=O) groups excluding carboxylic acids is 1. The maximum Gasteiger partial charge on any atom is 0.265 e. The lowest BCUT2D eigenvalue weighted by Crippen LogP contribution is -2.19. The van der Waals surface area contributed by atoms with Gasteiger partial charge in [0, 0.05) is 11.3 Å². The van der Waals surface area contributed by atoms with Gasteiger partial charge in [0.05, 0.1) is 0 Å². The summed E-state index contributed by atoms with van der Waals surface area (Å²) in [4.78, 5) is 16.8. The number of nitrogens with one attached hydrogen (secondary N) is 1. The summed E-state index contributed by atoms with van der Waals surface area (Å²) in [6.07, 6.45) is 2.13. The molecule has 3 N–H and O–H groups in total. The molecule has 23 heavy (non-hydrogen) atoms. The minimum Gasteiger partial charge on any atom is -0.384 e. The van der Waals surface area contributed by atoms with E-state index < -0.39 is 0 Å². The standard InChI is InChI=1S/C18H21N3O2/c1-2-6-14-9-11-16(12-10-14)20-17(22)13-23-21-18(19)15-7-4-3-5-8-15/h3-5,7-12H,2,6,13H2,1H3,(H2,19,21)(H,20,22). The number of carbonyl (C=O) groups is 1. The zero-order valence-corrected chi connectivity index (χ0v) is 13.2. The van der Waals surface area contributed by atoms with Crippen molar-refractivity contribution >= 4 is 17.4 Å². The van der Waals surface area contributed by atoms with E-state index in [1.54, 1.807) is 0 Å². The fraction of sp³-hybridized carbons (Fsp3) is 0.222. The molecule has 5 heteroatoms. The van der Waals surface area contributed by atoms with Crippen LogP contribution in [0.2, 0.25) is 0 Å². The van der Waals surface area contributed by atoms with Gasteiger partial charge < -0.3 is 15.9 Å². The number of hydrogen-bond acceptors (Lipinski definition) is 3. The van der Waals surface area contributed by atoms with Crippen LogP contribution in [0.15, 0.2) is 59.8 Å². The van der Waals surface area contributed by atoms with Crippen molar-refractivity contribution < 1.29 is 9.63 Å². The van der Waals surface area contributed by atoms with Gasteiger partial charge >= 0.3 is 0 Å². The summed E-state index contributed by atoms with van der Waals surface area (Å²) >= 11 is 0. The fourth-order valence-electron chi connectivity index (χ4n) is 2.06. The molecule has 0 atom stereocenters. The molecule has 0 heterocycles. The average molecular weight is 311 g/mol. The van der Waals surface area contributed by atoms with Gasteiger partial charge in [-0.05, 0) is 24.1 Å².